The Balaban J connectivity index is 1.73. The Bertz CT molecular complexity index is 760. The summed E-state index contributed by atoms with van der Waals surface area (Å²) in [5.74, 6) is 0.195. The van der Waals surface area contributed by atoms with Crippen molar-refractivity contribution in [2.45, 2.75) is 20.0 Å². The molecule has 0 saturated heterocycles. The van der Waals surface area contributed by atoms with E-state index in [0.717, 1.165) is 11.1 Å². The average molecular weight is 297 g/mol. The van der Waals surface area contributed by atoms with Gasteiger partial charge in [0.15, 0.2) is 6.10 Å². The lowest BCUT2D eigenvalue weighted by atomic mass is 10.1. The van der Waals surface area contributed by atoms with E-state index < -0.39 is 12.1 Å². The van der Waals surface area contributed by atoms with Gasteiger partial charge >= 0.3 is 5.97 Å². The molecule has 1 aromatic carbocycles. The van der Waals surface area contributed by atoms with Crippen molar-refractivity contribution in [1.82, 2.24) is 15.2 Å². The highest BCUT2D eigenvalue weighted by Crippen LogP contribution is 2.23. The molecule has 112 valence electrons. The molecule has 1 atom stereocenters. The molecule has 0 spiro atoms. The molecule has 0 fully saturated rings. The van der Waals surface area contributed by atoms with Gasteiger partial charge in [-0.1, -0.05) is 17.7 Å². The topological polar surface area (TPSA) is 81.0 Å². The molecular weight excluding hydrogens is 282 g/mol. The predicted octanol–water partition coefficient (Wildman–Crippen LogP) is 3.29. The summed E-state index contributed by atoms with van der Waals surface area (Å²) in [7, 11) is 0. The number of carbonyl (C=O) groups excluding carboxylic acids is 1. The van der Waals surface area contributed by atoms with Gasteiger partial charge in [-0.25, -0.2) is 4.79 Å². The molecule has 6 nitrogen and oxygen atoms in total. The summed E-state index contributed by atoms with van der Waals surface area (Å²) in [5, 5.41) is 7.94. The minimum absolute atomic E-state index is 0.260. The van der Waals surface area contributed by atoms with Gasteiger partial charge in [0.2, 0.25) is 5.89 Å². The zero-order chi connectivity index (χ0) is 15.5. The first-order valence-electron chi connectivity index (χ1n) is 6.88. The van der Waals surface area contributed by atoms with Crippen LogP contribution in [-0.4, -0.2) is 21.2 Å². The van der Waals surface area contributed by atoms with Crippen LogP contribution in [0.3, 0.4) is 0 Å². The van der Waals surface area contributed by atoms with Gasteiger partial charge in [0.1, 0.15) is 5.69 Å². The maximum Gasteiger partial charge on any atom is 0.355 e. The molecule has 1 N–H and O–H groups in total. The quantitative estimate of drug-likeness (QED) is 0.747. The zero-order valence-corrected chi connectivity index (χ0v) is 12.2. The maximum atomic E-state index is 11.9. The number of H-pyrrole nitrogens is 1. The first kappa shape index (κ1) is 14.1. The number of esters is 1. The fourth-order valence-electron chi connectivity index (χ4n) is 1.94. The van der Waals surface area contributed by atoms with Crippen molar-refractivity contribution in [2.75, 3.05) is 0 Å². The lowest BCUT2D eigenvalue weighted by Crippen LogP contribution is -2.09. The van der Waals surface area contributed by atoms with E-state index in [4.69, 9.17) is 9.15 Å². The molecular formula is C16H15N3O3. The number of benzene rings is 1. The fraction of sp³-hybridized carbons (Fsp3) is 0.188. The highest BCUT2D eigenvalue weighted by atomic mass is 16.6. The van der Waals surface area contributed by atoms with Crippen molar-refractivity contribution >= 4 is 5.97 Å². The van der Waals surface area contributed by atoms with Crippen LogP contribution in [0.1, 0.15) is 35.0 Å². The number of aryl methyl sites for hydroxylation is 1. The van der Waals surface area contributed by atoms with Crippen LogP contribution in [0.4, 0.5) is 0 Å². The Hall–Kier alpha value is -2.89. The minimum atomic E-state index is -0.623. The lowest BCUT2D eigenvalue weighted by molar-refractivity contribution is 0.0274. The van der Waals surface area contributed by atoms with Gasteiger partial charge in [0.25, 0.3) is 5.89 Å². The molecule has 3 rings (SSSR count). The largest absolute Gasteiger partial charge is 0.448 e. The number of nitrogens with one attached hydrogen (secondary N) is 1. The van der Waals surface area contributed by atoms with E-state index in [2.05, 4.69) is 15.2 Å². The van der Waals surface area contributed by atoms with Crippen LogP contribution in [0, 0.1) is 6.92 Å². The molecule has 2 aromatic heterocycles. The summed E-state index contributed by atoms with van der Waals surface area (Å²) in [4.78, 5) is 14.6. The number of rotatable bonds is 4. The van der Waals surface area contributed by atoms with Crippen LogP contribution >= 0.6 is 0 Å². The van der Waals surface area contributed by atoms with E-state index in [1.165, 1.54) is 0 Å². The van der Waals surface area contributed by atoms with Gasteiger partial charge in [-0.2, -0.15) is 0 Å². The Morgan fingerprint density at radius 2 is 2.00 bits per heavy atom. The van der Waals surface area contributed by atoms with E-state index in [1.54, 1.807) is 25.3 Å². The first-order chi connectivity index (χ1) is 10.6. The summed E-state index contributed by atoms with van der Waals surface area (Å²) in [5.41, 5.74) is 2.36. The minimum Gasteiger partial charge on any atom is -0.448 e. The average Bonchev–Trinajstić information content (AvgIpc) is 3.20. The van der Waals surface area contributed by atoms with Gasteiger partial charge in [-0.05, 0) is 38.1 Å². The van der Waals surface area contributed by atoms with Crippen LogP contribution in [0.5, 0.6) is 0 Å². The molecule has 6 heteroatoms. The lowest BCUT2D eigenvalue weighted by Gasteiger charge is -2.07. The van der Waals surface area contributed by atoms with Crippen molar-refractivity contribution in [3.05, 3.63) is 59.7 Å². The number of ether oxygens (including phenoxy) is 1. The van der Waals surface area contributed by atoms with E-state index in [-0.39, 0.29) is 5.89 Å². The Morgan fingerprint density at radius 3 is 2.68 bits per heavy atom. The second kappa shape index (κ2) is 5.85. The maximum absolute atomic E-state index is 11.9. The highest BCUT2D eigenvalue weighted by molar-refractivity contribution is 5.87. The Kier molecular flexibility index (Phi) is 3.74. The fourth-order valence-corrected chi connectivity index (χ4v) is 1.94. The van der Waals surface area contributed by atoms with Gasteiger partial charge in [-0.3, -0.25) is 0 Å². The third-order valence-electron chi connectivity index (χ3n) is 3.19. The number of aromatic nitrogens is 3. The van der Waals surface area contributed by atoms with Crippen molar-refractivity contribution in [3.8, 4) is 11.5 Å². The van der Waals surface area contributed by atoms with Gasteiger partial charge in [-0.15, -0.1) is 10.2 Å². The monoisotopic (exact) mass is 297 g/mol. The third-order valence-corrected chi connectivity index (χ3v) is 3.19. The van der Waals surface area contributed by atoms with E-state index in [1.807, 2.05) is 31.2 Å². The molecule has 0 bridgehead atoms. The summed E-state index contributed by atoms with van der Waals surface area (Å²) in [6, 6.07) is 11.1. The smallest absolute Gasteiger partial charge is 0.355 e. The molecule has 0 aliphatic rings. The van der Waals surface area contributed by atoms with Crippen LogP contribution < -0.4 is 0 Å². The van der Waals surface area contributed by atoms with Gasteiger partial charge in [0.05, 0.1) is 0 Å². The third kappa shape index (κ3) is 2.90. The second-order valence-corrected chi connectivity index (χ2v) is 4.94. The number of carbonyl (C=O) groups is 1. The molecule has 0 unspecified atom stereocenters. The van der Waals surface area contributed by atoms with Crippen LogP contribution in [0.2, 0.25) is 0 Å². The van der Waals surface area contributed by atoms with Crippen LogP contribution in [0.15, 0.2) is 47.0 Å². The molecule has 0 amide bonds. The summed E-state index contributed by atoms with van der Waals surface area (Å²) >= 11 is 0. The molecule has 0 aliphatic heterocycles. The Morgan fingerprint density at radius 1 is 1.23 bits per heavy atom. The van der Waals surface area contributed by atoms with Crippen LogP contribution in [-0.2, 0) is 4.74 Å². The summed E-state index contributed by atoms with van der Waals surface area (Å²) < 4.78 is 10.9. The van der Waals surface area contributed by atoms with Crippen LogP contribution in [0.25, 0.3) is 11.5 Å². The highest BCUT2D eigenvalue weighted by Gasteiger charge is 2.20. The zero-order valence-electron chi connectivity index (χ0n) is 12.2. The summed E-state index contributed by atoms with van der Waals surface area (Å²) in [6.45, 7) is 3.69. The Labute approximate surface area is 127 Å². The number of aromatic amines is 1. The molecule has 3 aromatic rings. The molecule has 2 heterocycles. The van der Waals surface area contributed by atoms with Crippen molar-refractivity contribution in [1.29, 1.82) is 0 Å². The molecule has 0 saturated carbocycles. The number of hydrogen-bond donors (Lipinski definition) is 1. The first-order valence-corrected chi connectivity index (χ1v) is 6.88. The van der Waals surface area contributed by atoms with E-state index >= 15 is 0 Å². The second-order valence-electron chi connectivity index (χ2n) is 4.94. The van der Waals surface area contributed by atoms with Crippen molar-refractivity contribution < 1.29 is 13.9 Å². The standard InChI is InChI=1S/C16H15N3O3/c1-10-5-7-12(8-6-10)15-19-18-14(22-15)11(2)21-16(20)13-4-3-9-17-13/h3-9,11,17H,1-2H3/t11-/m0/s1. The number of hydrogen-bond acceptors (Lipinski definition) is 5. The molecule has 0 radical (unpaired) electrons. The summed E-state index contributed by atoms with van der Waals surface area (Å²) in [6.07, 6.45) is 1.03. The van der Waals surface area contributed by atoms with Gasteiger partial charge in [0, 0.05) is 11.8 Å². The van der Waals surface area contributed by atoms with Gasteiger partial charge < -0.3 is 14.1 Å². The predicted molar refractivity (Wildman–Crippen MR) is 79.1 cm³/mol. The van der Waals surface area contributed by atoms with Crippen molar-refractivity contribution in [2.24, 2.45) is 0 Å². The van der Waals surface area contributed by atoms with E-state index in [0.29, 0.717) is 11.6 Å². The number of nitrogens with zero attached hydrogens (tertiary/aromatic N) is 2. The molecule has 22 heavy (non-hydrogen) atoms. The normalized spacial score (nSPS) is 12.1. The van der Waals surface area contributed by atoms with E-state index in [9.17, 15) is 4.79 Å². The molecule has 0 aliphatic carbocycles. The SMILES string of the molecule is Cc1ccc(-c2nnc([C@H](C)OC(=O)c3ccc[nH]3)o2)cc1. The van der Waals surface area contributed by atoms with Crippen molar-refractivity contribution in [3.63, 3.8) is 0 Å².